The van der Waals surface area contributed by atoms with Gasteiger partial charge in [0.15, 0.2) is 5.65 Å². The van der Waals surface area contributed by atoms with Gasteiger partial charge in [-0.2, -0.15) is 5.10 Å². The summed E-state index contributed by atoms with van der Waals surface area (Å²) in [5.41, 5.74) is 6.65. The molecule has 0 bridgehead atoms. The second-order valence-corrected chi connectivity index (χ2v) is 12.1. The quantitative estimate of drug-likeness (QED) is 0.113. The van der Waals surface area contributed by atoms with Crippen molar-refractivity contribution in [3.05, 3.63) is 112 Å². The zero-order valence-corrected chi connectivity index (χ0v) is 29.8. The van der Waals surface area contributed by atoms with Gasteiger partial charge < -0.3 is 25.8 Å². The Morgan fingerprint density at radius 1 is 0.922 bits per heavy atom. The maximum absolute atomic E-state index is 14.7. The van der Waals surface area contributed by atoms with E-state index in [2.05, 4.69) is 21.0 Å². The van der Waals surface area contributed by atoms with Crippen LogP contribution in [0.15, 0.2) is 72.9 Å². The number of aromatic nitrogens is 3. The average molecular weight is 695 g/mol. The first kappa shape index (κ1) is 37.1. The van der Waals surface area contributed by atoms with Crippen molar-refractivity contribution < 1.29 is 23.8 Å². The molecular weight excluding hydrogens is 647 g/mol. The van der Waals surface area contributed by atoms with Gasteiger partial charge in [-0.05, 0) is 79.3 Å². The highest BCUT2D eigenvalue weighted by atomic mass is 19.1. The summed E-state index contributed by atoms with van der Waals surface area (Å²) in [5.74, 6) is -1.07. The molecule has 0 saturated carbocycles. The minimum absolute atomic E-state index is 0.143. The predicted octanol–water partition coefficient (Wildman–Crippen LogP) is 6.79. The van der Waals surface area contributed by atoms with Gasteiger partial charge in [0.25, 0.3) is 11.8 Å². The van der Waals surface area contributed by atoms with Crippen molar-refractivity contribution in [2.24, 2.45) is 0 Å². The van der Waals surface area contributed by atoms with E-state index in [4.69, 9.17) is 9.72 Å². The van der Waals surface area contributed by atoms with Crippen molar-refractivity contribution in [3.63, 3.8) is 0 Å². The molecule has 0 unspecified atom stereocenters. The normalized spacial score (nSPS) is 13.0. The number of anilines is 1. The molecule has 6 rings (SSSR count). The minimum Gasteiger partial charge on any atom is -0.392 e. The van der Waals surface area contributed by atoms with Crippen LogP contribution in [0.5, 0.6) is 0 Å². The molecule has 2 aromatic heterocycles. The van der Waals surface area contributed by atoms with Crippen LogP contribution in [0.1, 0.15) is 83.6 Å². The molecule has 0 atom stereocenters. The average Bonchev–Trinajstić information content (AvgIpc) is 3.60. The van der Waals surface area contributed by atoms with Crippen LogP contribution in [0, 0.1) is 5.82 Å². The van der Waals surface area contributed by atoms with Crippen molar-refractivity contribution in [3.8, 4) is 11.1 Å². The second kappa shape index (κ2) is 17.7. The molecule has 5 aromatic rings. The topological polar surface area (TPSA) is 130 Å². The number of aliphatic hydroxyl groups is 1. The predicted molar refractivity (Wildman–Crippen MR) is 198 cm³/mol. The molecule has 3 aromatic carbocycles. The van der Waals surface area contributed by atoms with Crippen molar-refractivity contribution in [2.75, 3.05) is 18.5 Å². The molecule has 0 spiro atoms. The number of nitrogens with one attached hydrogen (secondary N) is 3. The first-order chi connectivity index (χ1) is 24.9. The van der Waals surface area contributed by atoms with E-state index in [1.54, 1.807) is 60.7 Å². The van der Waals surface area contributed by atoms with Crippen LogP contribution in [0.25, 0.3) is 22.2 Å². The molecule has 51 heavy (non-hydrogen) atoms. The van der Waals surface area contributed by atoms with Gasteiger partial charge >= 0.3 is 0 Å². The molecule has 0 aliphatic carbocycles. The summed E-state index contributed by atoms with van der Waals surface area (Å²) in [6.07, 6.45) is 4.28. The summed E-state index contributed by atoms with van der Waals surface area (Å²) in [5, 5.41) is 24.6. The zero-order chi connectivity index (χ0) is 36.3. The zero-order valence-electron chi connectivity index (χ0n) is 29.8. The van der Waals surface area contributed by atoms with Gasteiger partial charge in [0.05, 0.1) is 23.9 Å². The molecular formula is C40H47FN6O4. The number of fused-ring (bicyclic) bond motifs is 1. The fourth-order valence-electron chi connectivity index (χ4n) is 6.20. The summed E-state index contributed by atoms with van der Waals surface area (Å²) >= 11 is 0. The molecule has 0 radical (unpaired) electrons. The molecule has 1 aliphatic rings. The Labute approximate surface area is 298 Å². The number of ether oxygens (including phenoxy) is 1. The lowest BCUT2D eigenvalue weighted by Gasteiger charge is -2.26. The minimum atomic E-state index is -0.395. The van der Waals surface area contributed by atoms with Gasteiger partial charge in [0.1, 0.15) is 5.82 Å². The number of pyridine rings is 1. The number of amides is 2. The summed E-state index contributed by atoms with van der Waals surface area (Å²) in [6, 6.07) is 18.5. The molecule has 1 aliphatic heterocycles. The SMILES string of the molecule is CC.CCc1nc2c(cnn2CC)c(NC2CCOCC2)c1CNC(=O)c1cccc(C(=O)NCc2ccc(F)c(-c3cccc(CO)c3)c2)c1. The maximum atomic E-state index is 14.7. The molecule has 1 saturated heterocycles. The Kier molecular flexibility index (Phi) is 12.9. The van der Waals surface area contributed by atoms with Crippen LogP contribution in [0.2, 0.25) is 0 Å². The van der Waals surface area contributed by atoms with Crippen LogP contribution < -0.4 is 16.0 Å². The Balaban J connectivity index is 0.00000248. The van der Waals surface area contributed by atoms with Crippen LogP contribution in [-0.2, 0) is 37.4 Å². The van der Waals surface area contributed by atoms with Gasteiger partial charge in [0.2, 0.25) is 0 Å². The van der Waals surface area contributed by atoms with Gasteiger partial charge in [-0.25, -0.2) is 14.1 Å². The molecule has 3 heterocycles. The van der Waals surface area contributed by atoms with Crippen LogP contribution >= 0.6 is 0 Å². The summed E-state index contributed by atoms with van der Waals surface area (Å²) in [7, 11) is 0. The standard InChI is InChI=1S/C38H41FN6O4.C2H6/c1-3-34-31(35(43-29-13-15-49-16-14-29)32-22-42-45(4-2)36(32)44-34)21-41-38(48)28-10-6-9-27(19-28)37(47)40-20-24-11-12-33(39)30(18-24)26-8-5-7-25(17-26)23-46;1-2/h5-12,17-19,22,29,46H,3-4,13-16,20-21,23H2,1-2H3,(H,40,47)(H,41,48)(H,43,44);1-2H3. The highest BCUT2D eigenvalue weighted by Crippen LogP contribution is 2.31. The number of aliphatic hydroxyl groups excluding tert-OH is 1. The number of benzene rings is 3. The van der Waals surface area contributed by atoms with Gasteiger partial charge in [-0.3, -0.25) is 9.59 Å². The van der Waals surface area contributed by atoms with E-state index >= 15 is 0 Å². The third-order valence-electron chi connectivity index (χ3n) is 8.89. The van der Waals surface area contributed by atoms with Crippen molar-refractivity contribution in [1.82, 2.24) is 25.4 Å². The van der Waals surface area contributed by atoms with Crippen LogP contribution in [0.3, 0.4) is 0 Å². The van der Waals surface area contributed by atoms with E-state index in [0.29, 0.717) is 59.6 Å². The van der Waals surface area contributed by atoms with E-state index in [0.717, 1.165) is 40.8 Å². The van der Waals surface area contributed by atoms with E-state index in [9.17, 15) is 19.1 Å². The molecule has 268 valence electrons. The highest BCUT2D eigenvalue weighted by molar-refractivity contribution is 6.00. The smallest absolute Gasteiger partial charge is 0.251 e. The molecule has 1 fully saturated rings. The number of nitrogens with zero attached hydrogens (tertiary/aromatic N) is 3. The number of carbonyl (C=O) groups is 2. The second-order valence-electron chi connectivity index (χ2n) is 12.1. The van der Waals surface area contributed by atoms with E-state index in [1.165, 1.54) is 6.07 Å². The third kappa shape index (κ3) is 8.79. The number of halogens is 1. The number of carbonyl (C=O) groups excluding carboxylic acids is 2. The maximum Gasteiger partial charge on any atom is 0.251 e. The van der Waals surface area contributed by atoms with E-state index in [-0.39, 0.29) is 37.6 Å². The Morgan fingerprint density at radius 3 is 2.31 bits per heavy atom. The lowest BCUT2D eigenvalue weighted by Crippen LogP contribution is -2.30. The summed E-state index contributed by atoms with van der Waals surface area (Å²) in [6.45, 7) is 10.4. The lowest BCUT2D eigenvalue weighted by molar-refractivity contribution is 0.0904. The number of rotatable bonds is 12. The molecule has 10 nitrogen and oxygen atoms in total. The number of aryl methyl sites for hydroxylation is 2. The van der Waals surface area contributed by atoms with Crippen molar-refractivity contribution in [1.29, 1.82) is 0 Å². The van der Waals surface area contributed by atoms with Crippen LogP contribution in [0.4, 0.5) is 10.1 Å². The number of hydrogen-bond acceptors (Lipinski definition) is 7. The summed E-state index contributed by atoms with van der Waals surface area (Å²) in [4.78, 5) is 31.6. The third-order valence-corrected chi connectivity index (χ3v) is 8.89. The van der Waals surface area contributed by atoms with Crippen molar-refractivity contribution >= 4 is 28.5 Å². The van der Waals surface area contributed by atoms with Gasteiger partial charge in [0, 0.05) is 66.8 Å². The monoisotopic (exact) mass is 694 g/mol. The van der Waals surface area contributed by atoms with E-state index < -0.39 is 5.82 Å². The van der Waals surface area contributed by atoms with E-state index in [1.807, 2.05) is 38.6 Å². The lowest BCUT2D eigenvalue weighted by atomic mass is 10.0. The first-order valence-electron chi connectivity index (χ1n) is 17.7. The van der Waals surface area contributed by atoms with Crippen molar-refractivity contribution in [2.45, 2.75) is 79.2 Å². The molecule has 4 N–H and O–H groups in total. The Bertz CT molecular complexity index is 1970. The van der Waals surface area contributed by atoms with Crippen LogP contribution in [-0.4, -0.2) is 50.9 Å². The fraction of sp³-hybridized carbons (Fsp3) is 0.350. The van der Waals surface area contributed by atoms with Gasteiger partial charge in [-0.1, -0.05) is 51.1 Å². The highest BCUT2D eigenvalue weighted by Gasteiger charge is 2.22. The first-order valence-corrected chi connectivity index (χ1v) is 17.7. The largest absolute Gasteiger partial charge is 0.392 e. The molecule has 11 heteroatoms. The fourth-order valence-corrected chi connectivity index (χ4v) is 6.20. The Morgan fingerprint density at radius 2 is 1.63 bits per heavy atom. The van der Waals surface area contributed by atoms with Gasteiger partial charge in [-0.15, -0.1) is 0 Å². The number of hydrogen-bond donors (Lipinski definition) is 4. The summed E-state index contributed by atoms with van der Waals surface area (Å²) < 4.78 is 22.2. The molecule has 2 amide bonds. The Hall–Kier alpha value is -5.13.